The maximum absolute atomic E-state index is 5.79. The zero-order valence-electron chi connectivity index (χ0n) is 8.15. The largest absolute Gasteiger partial charge is 0.211 e. The summed E-state index contributed by atoms with van der Waals surface area (Å²) in [5.41, 5.74) is 2.18. The fraction of sp³-hybridized carbons (Fsp3) is 0. The summed E-state index contributed by atoms with van der Waals surface area (Å²) < 4.78 is 0. The Kier molecular flexibility index (Phi) is 3.15. The number of hydrogen-bond acceptors (Lipinski definition) is 0. The minimum absolute atomic E-state index is 0.756. The normalized spacial score (nSPS) is 10.7. The Hall–Kier alpha value is -1.60. The van der Waals surface area contributed by atoms with E-state index in [-0.39, 0.29) is 0 Å². The molecule has 0 spiro atoms. The molecule has 0 saturated heterocycles. The summed E-state index contributed by atoms with van der Waals surface area (Å²) in [6.07, 6.45) is 1.95. The lowest BCUT2D eigenvalue weighted by atomic mass is 10.2. The quantitative estimate of drug-likeness (QED) is 0.740. The molecule has 0 unspecified atom stereocenters. The van der Waals surface area contributed by atoms with Crippen molar-refractivity contribution >= 4 is 23.5 Å². The second kappa shape index (κ2) is 4.76. The van der Waals surface area contributed by atoms with Gasteiger partial charge in [0.2, 0.25) is 5.69 Å². The number of nitrogens with one attached hydrogen (secondary N) is 1. The van der Waals surface area contributed by atoms with Crippen LogP contribution in [0.25, 0.3) is 0 Å². The molecule has 0 bridgehead atoms. The first-order chi connectivity index (χ1) is 7.34. The van der Waals surface area contributed by atoms with Crippen molar-refractivity contribution in [2.24, 2.45) is 0 Å². The summed E-state index contributed by atoms with van der Waals surface area (Å²) >= 11 is 5.79. The van der Waals surface area contributed by atoms with E-state index in [1.54, 1.807) is 0 Å². The van der Waals surface area contributed by atoms with Crippen LogP contribution < -0.4 is 4.99 Å². The molecule has 0 aromatic heterocycles. The highest BCUT2D eigenvalue weighted by atomic mass is 35.5. The van der Waals surface area contributed by atoms with Crippen LogP contribution in [0.2, 0.25) is 5.02 Å². The molecule has 0 aliphatic carbocycles. The topological polar surface area (TPSA) is 14.0 Å². The van der Waals surface area contributed by atoms with Gasteiger partial charge in [-0.15, -0.1) is 0 Å². The number of halogens is 1. The second-order valence-electron chi connectivity index (χ2n) is 3.21. The number of hydrogen-bond donors (Lipinski definition) is 1. The van der Waals surface area contributed by atoms with Crippen LogP contribution in [0.4, 0.5) is 5.69 Å². The van der Waals surface area contributed by atoms with Crippen LogP contribution in [0.5, 0.6) is 0 Å². The molecule has 2 heteroatoms. The van der Waals surface area contributed by atoms with Crippen molar-refractivity contribution < 1.29 is 4.99 Å². The molecule has 1 N–H and O–H groups in total. The summed E-state index contributed by atoms with van der Waals surface area (Å²) in [4.78, 5) is 3.21. The molecule has 0 radical (unpaired) electrons. The van der Waals surface area contributed by atoms with Gasteiger partial charge < -0.3 is 0 Å². The Bertz CT molecular complexity index is 446. The molecule has 0 saturated carbocycles. The Balaban J connectivity index is 2.15. The third-order valence-electron chi connectivity index (χ3n) is 2.05. The Labute approximate surface area is 94.1 Å². The van der Waals surface area contributed by atoms with E-state index in [1.807, 2.05) is 60.8 Å². The van der Waals surface area contributed by atoms with Gasteiger partial charge in [-0.05, 0) is 24.3 Å². The van der Waals surface area contributed by atoms with E-state index in [1.165, 1.54) is 0 Å². The SMILES string of the molecule is Clc1ccc(C=[NH+]c2ccccc2)cc1. The molecule has 2 rings (SSSR count). The van der Waals surface area contributed by atoms with Crippen molar-refractivity contribution in [1.82, 2.24) is 0 Å². The van der Waals surface area contributed by atoms with Gasteiger partial charge in [-0.3, -0.25) is 0 Å². The van der Waals surface area contributed by atoms with Crippen molar-refractivity contribution in [2.75, 3.05) is 0 Å². The number of rotatable bonds is 2. The average molecular weight is 217 g/mol. The molecule has 0 amide bonds. The van der Waals surface area contributed by atoms with E-state index in [2.05, 4.69) is 4.99 Å². The van der Waals surface area contributed by atoms with Crippen LogP contribution in [-0.2, 0) is 0 Å². The summed E-state index contributed by atoms with van der Waals surface area (Å²) in [7, 11) is 0. The zero-order chi connectivity index (χ0) is 10.5. The molecule has 74 valence electrons. The predicted octanol–water partition coefficient (Wildman–Crippen LogP) is 2.17. The maximum Gasteiger partial charge on any atom is 0.203 e. The van der Waals surface area contributed by atoms with E-state index in [0.29, 0.717) is 0 Å². The van der Waals surface area contributed by atoms with Gasteiger partial charge in [0, 0.05) is 22.7 Å². The average Bonchev–Trinajstić information content (AvgIpc) is 2.30. The van der Waals surface area contributed by atoms with Gasteiger partial charge >= 0.3 is 0 Å². The fourth-order valence-corrected chi connectivity index (χ4v) is 1.39. The van der Waals surface area contributed by atoms with E-state index < -0.39 is 0 Å². The lowest BCUT2D eigenvalue weighted by Crippen LogP contribution is -2.61. The smallest absolute Gasteiger partial charge is 0.203 e. The highest BCUT2D eigenvalue weighted by molar-refractivity contribution is 6.30. The summed E-state index contributed by atoms with van der Waals surface area (Å²) in [6, 6.07) is 17.7. The van der Waals surface area contributed by atoms with Crippen molar-refractivity contribution in [2.45, 2.75) is 0 Å². The molecule has 0 atom stereocenters. The van der Waals surface area contributed by atoms with Gasteiger partial charge in [-0.1, -0.05) is 29.8 Å². The van der Waals surface area contributed by atoms with Crippen LogP contribution in [0.3, 0.4) is 0 Å². The molecule has 0 aliphatic rings. The molecule has 0 heterocycles. The minimum Gasteiger partial charge on any atom is -0.211 e. The van der Waals surface area contributed by atoms with Gasteiger partial charge in [0.15, 0.2) is 6.21 Å². The van der Waals surface area contributed by atoms with Gasteiger partial charge in [0.05, 0.1) is 0 Å². The lowest BCUT2D eigenvalue weighted by Gasteiger charge is -1.89. The monoisotopic (exact) mass is 216 g/mol. The minimum atomic E-state index is 0.756. The van der Waals surface area contributed by atoms with Crippen LogP contribution >= 0.6 is 11.6 Å². The standard InChI is InChI=1S/C13H10ClN/c14-12-8-6-11(7-9-12)10-15-13-4-2-1-3-5-13/h1-10H/p+1. The van der Waals surface area contributed by atoms with E-state index in [9.17, 15) is 0 Å². The first-order valence-electron chi connectivity index (χ1n) is 4.75. The maximum atomic E-state index is 5.79. The van der Waals surface area contributed by atoms with Crippen molar-refractivity contribution in [3.05, 3.63) is 65.2 Å². The van der Waals surface area contributed by atoms with Crippen LogP contribution in [0.15, 0.2) is 54.6 Å². The van der Waals surface area contributed by atoms with Gasteiger partial charge in [0.25, 0.3) is 0 Å². The van der Waals surface area contributed by atoms with E-state index in [0.717, 1.165) is 16.3 Å². The Morgan fingerprint density at radius 2 is 1.53 bits per heavy atom. The first-order valence-corrected chi connectivity index (χ1v) is 5.13. The molecule has 2 aromatic rings. The van der Waals surface area contributed by atoms with Crippen LogP contribution in [0.1, 0.15) is 5.56 Å². The fourth-order valence-electron chi connectivity index (χ4n) is 1.26. The van der Waals surface area contributed by atoms with Gasteiger partial charge in [-0.2, -0.15) is 0 Å². The number of benzene rings is 2. The summed E-state index contributed by atoms with van der Waals surface area (Å²) in [5, 5.41) is 0.756. The third kappa shape index (κ3) is 2.93. The molecular weight excluding hydrogens is 206 g/mol. The van der Waals surface area contributed by atoms with E-state index in [4.69, 9.17) is 11.6 Å². The highest BCUT2D eigenvalue weighted by Crippen LogP contribution is 2.07. The van der Waals surface area contributed by atoms with Gasteiger partial charge in [-0.25, -0.2) is 4.99 Å². The number of para-hydroxylation sites is 1. The molecule has 2 aromatic carbocycles. The molecule has 0 fully saturated rings. The van der Waals surface area contributed by atoms with Crippen LogP contribution in [0, 0.1) is 0 Å². The van der Waals surface area contributed by atoms with E-state index >= 15 is 0 Å². The van der Waals surface area contributed by atoms with Gasteiger partial charge in [0.1, 0.15) is 0 Å². The summed E-state index contributed by atoms with van der Waals surface area (Å²) in [5.74, 6) is 0. The Morgan fingerprint density at radius 3 is 2.20 bits per heavy atom. The molecule has 1 nitrogen and oxygen atoms in total. The third-order valence-corrected chi connectivity index (χ3v) is 2.30. The second-order valence-corrected chi connectivity index (χ2v) is 3.64. The van der Waals surface area contributed by atoms with Crippen molar-refractivity contribution in [3.63, 3.8) is 0 Å². The van der Waals surface area contributed by atoms with Crippen LogP contribution in [-0.4, -0.2) is 6.21 Å². The lowest BCUT2D eigenvalue weighted by molar-refractivity contribution is -0.346. The molecule has 15 heavy (non-hydrogen) atoms. The predicted molar refractivity (Wildman–Crippen MR) is 63.7 cm³/mol. The molecule has 0 aliphatic heterocycles. The Morgan fingerprint density at radius 1 is 0.867 bits per heavy atom. The first kappa shape index (κ1) is 9.94. The van der Waals surface area contributed by atoms with Crippen molar-refractivity contribution in [3.8, 4) is 0 Å². The molecular formula is C13H11ClN+. The van der Waals surface area contributed by atoms with Crippen molar-refractivity contribution in [1.29, 1.82) is 0 Å². The summed E-state index contributed by atoms with van der Waals surface area (Å²) in [6.45, 7) is 0. The highest BCUT2D eigenvalue weighted by Gasteiger charge is 1.93. The zero-order valence-corrected chi connectivity index (χ0v) is 8.91.